The Morgan fingerprint density at radius 1 is 1.34 bits per heavy atom. The van der Waals surface area contributed by atoms with Crippen molar-refractivity contribution in [1.82, 2.24) is 29.0 Å². The van der Waals surface area contributed by atoms with Gasteiger partial charge in [0.1, 0.15) is 5.65 Å². The SMILES string of the molecule is CC(C)(C)NS(=O)N1CCC[C@@H](CNc2nc(-c3c[nH]c4ncc(Cl)cc34)ncc2F)C1. The number of aromatic nitrogens is 4. The Hall–Kier alpha value is -2.14. The van der Waals surface area contributed by atoms with Crippen molar-refractivity contribution in [2.75, 3.05) is 25.0 Å². The van der Waals surface area contributed by atoms with Crippen LogP contribution in [0, 0.1) is 11.7 Å². The molecular formula is C21H27ClFN7OS. The molecule has 0 radical (unpaired) electrons. The first-order valence-corrected chi connectivity index (χ1v) is 12.0. The number of hydrogen-bond acceptors (Lipinski definition) is 5. The second kappa shape index (κ2) is 9.38. The smallest absolute Gasteiger partial charge is 0.183 e. The van der Waals surface area contributed by atoms with Crippen LogP contribution in [0.2, 0.25) is 5.02 Å². The van der Waals surface area contributed by atoms with E-state index in [0.29, 0.717) is 35.1 Å². The van der Waals surface area contributed by atoms with E-state index in [4.69, 9.17) is 11.6 Å². The van der Waals surface area contributed by atoms with Gasteiger partial charge in [0.2, 0.25) is 0 Å². The molecule has 0 aliphatic carbocycles. The van der Waals surface area contributed by atoms with Crippen LogP contribution in [-0.2, 0) is 11.2 Å². The number of nitrogens with one attached hydrogen (secondary N) is 3. The van der Waals surface area contributed by atoms with E-state index in [-0.39, 0.29) is 17.3 Å². The normalized spacial score (nSPS) is 18.7. The molecular weight excluding hydrogens is 453 g/mol. The molecule has 32 heavy (non-hydrogen) atoms. The van der Waals surface area contributed by atoms with E-state index in [0.717, 1.165) is 31.0 Å². The zero-order valence-corrected chi connectivity index (χ0v) is 19.9. The number of pyridine rings is 1. The molecule has 1 aliphatic heterocycles. The summed E-state index contributed by atoms with van der Waals surface area (Å²) in [7, 11) is 0. The fourth-order valence-electron chi connectivity index (χ4n) is 3.70. The summed E-state index contributed by atoms with van der Waals surface area (Å²) >= 11 is 4.82. The number of H-pyrrole nitrogens is 1. The van der Waals surface area contributed by atoms with E-state index in [9.17, 15) is 8.60 Å². The third-order valence-corrected chi connectivity index (χ3v) is 6.94. The van der Waals surface area contributed by atoms with Gasteiger partial charge in [-0.15, -0.1) is 0 Å². The molecule has 1 unspecified atom stereocenters. The van der Waals surface area contributed by atoms with Gasteiger partial charge >= 0.3 is 0 Å². The van der Waals surface area contributed by atoms with E-state index in [1.807, 2.05) is 25.1 Å². The predicted molar refractivity (Wildman–Crippen MR) is 126 cm³/mol. The summed E-state index contributed by atoms with van der Waals surface area (Å²) in [6, 6.07) is 1.78. The molecule has 1 saturated heterocycles. The van der Waals surface area contributed by atoms with Gasteiger partial charge in [0, 0.05) is 48.5 Å². The van der Waals surface area contributed by atoms with Crippen LogP contribution in [0.1, 0.15) is 33.6 Å². The first-order valence-electron chi connectivity index (χ1n) is 10.5. The number of halogens is 2. The van der Waals surface area contributed by atoms with E-state index in [1.165, 1.54) is 0 Å². The molecule has 0 bridgehead atoms. The summed E-state index contributed by atoms with van der Waals surface area (Å²) in [5, 5.41) is 4.40. The van der Waals surface area contributed by atoms with E-state index in [2.05, 4.69) is 30.0 Å². The fraction of sp³-hybridized carbons (Fsp3) is 0.476. The number of nitrogens with zero attached hydrogens (tertiary/aromatic N) is 4. The van der Waals surface area contributed by atoms with Crippen molar-refractivity contribution in [3.05, 3.63) is 35.5 Å². The molecule has 0 amide bonds. The minimum atomic E-state index is -1.25. The monoisotopic (exact) mass is 479 g/mol. The molecule has 0 aromatic carbocycles. The van der Waals surface area contributed by atoms with Gasteiger partial charge in [-0.1, -0.05) is 11.6 Å². The van der Waals surface area contributed by atoms with Crippen LogP contribution < -0.4 is 10.0 Å². The van der Waals surface area contributed by atoms with Crippen LogP contribution >= 0.6 is 11.6 Å². The molecule has 2 atom stereocenters. The molecule has 172 valence electrons. The summed E-state index contributed by atoms with van der Waals surface area (Å²) in [6.07, 6.45) is 6.37. The summed E-state index contributed by atoms with van der Waals surface area (Å²) in [4.78, 5) is 15.9. The molecule has 11 heteroatoms. The largest absolute Gasteiger partial charge is 0.367 e. The number of aromatic amines is 1. The third-order valence-electron chi connectivity index (χ3n) is 5.15. The third kappa shape index (κ3) is 5.43. The Kier molecular flexibility index (Phi) is 6.75. The highest BCUT2D eigenvalue weighted by Gasteiger charge is 2.26. The molecule has 1 fully saturated rings. The maximum Gasteiger partial charge on any atom is 0.183 e. The van der Waals surface area contributed by atoms with E-state index >= 15 is 0 Å². The van der Waals surface area contributed by atoms with Crippen LogP contribution in [0.4, 0.5) is 10.2 Å². The average Bonchev–Trinajstić information content (AvgIpc) is 3.15. The molecule has 0 spiro atoms. The minimum Gasteiger partial charge on any atom is -0.367 e. The Morgan fingerprint density at radius 2 is 2.16 bits per heavy atom. The number of piperidine rings is 1. The first-order chi connectivity index (χ1) is 15.2. The maximum atomic E-state index is 14.4. The van der Waals surface area contributed by atoms with Gasteiger partial charge in [-0.2, -0.15) is 0 Å². The highest BCUT2D eigenvalue weighted by Crippen LogP contribution is 2.28. The van der Waals surface area contributed by atoms with Crippen LogP contribution in [0.5, 0.6) is 0 Å². The van der Waals surface area contributed by atoms with Gasteiger partial charge in [-0.25, -0.2) is 32.6 Å². The predicted octanol–water partition coefficient (Wildman–Crippen LogP) is 3.90. The molecule has 4 heterocycles. The van der Waals surface area contributed by atoms with Crippen LogP contribution in [0.15, 0.2) is 24.7 Å². The van der Waals surface area contributed by atoms with Gasteiger partial charge in [0.25, 0.3) is 0 Å². The zero-order chi connectivity index (χ0) is 22.9. The standard InChI is InChI=1S/C21H27ClFN7OS/c1-21(2,3)29-32(31)30-6-4-5-13(12-30)8-24-20-17(23)11-27-19(28-20)16-10-26-18-15(16)7-14(22)9-25-18/h7,9-11,13,29H,4-6,8,12H2,1-3H3,(H,25,26)(H,24,27,28)/t13-,32?/m0/s1. The molecule has 0 saturated carbocycles. The first kappa shape index (κ1) is 23.0. The summed E-state index contributed by atoms with van der Waals surface area (Å²) < 4.78 is 32.1. The molecule has 3 aromatic rings. The molecule has 4 rings (SSSR count). The highest BCUT2D eigenvalue weighted by molar-refractivity contribution is 7.80. The van der Waals surface area contributed by atoms with Gasteiger partial charge in [0.15, 0.2) is 28.6 Å². The Morgan fingerprint density at radius 3 is 2.94 bits per heavy atom. The lowest BCUT2D eigenvalue weighted by Gasteiger charge is -2.33. The van der Waals surface area contributed by atoms with Crippen LogP contribution in [-0.4, -0.2) is 53.6 Å². The lowest BCUT2D eigenvalue weighted by Crippen LogP contribution is -2.48. The summed E-state index contributed by atoms with van der Waals surface area (Å²) in [5.74, 6) is 0.231. The summed E-state index contributed by atoms with van der Waals surface area (Å²) in [6.45, 7) is 7.92. The maximum absolute atomic E-state index is 14.4. The second-order valence-corrected chi connectivity index (χ2v) is 10.7. The van der Waals surface area contributed by atoms with E-state index in [1.54, 1.807) is 18.5 Å². The Bertz CT molecular complexity index is 1130. The van der Waals surface area contributed by atoms with Gasteiger partial charge < -0.3 is 10.3 Å². The molecule has 3 aromatic heterocycles. The lowest BCUT2D eigenvalue weighted by atomic mass is 10.00. The summed E-state index contributed by atoms with van der Waals surface area (Å²) in [5.41, 5.74) is 1.12. The minimum absolute atomic E-state index is 0.144. The average molecular weight is 480 g/mol. The van der Waals surface area contributed by atoms with Crippen LogP contribution in [0.3, 0.4) is 0 Å². The van der Waals surface area contributed by atoms with E-state index < -0.39 is 17.0 Å². The van der Waals surface area contributed by atoms with Crippen molar-refractivity contribution in [3.8, 4) is 11.4 Å². The van der Waals surface area contributed by atoms with Gasteiger partial charge in [-0.3, -0.25) is 0 Å². The lowest BCUT2D eigenvalue weighted by molar-refractivity contribution is 0.281. The molecule has 8 nitrogen and oxygen atoms in total. The van der Waals surface area contributed by atoms with Crippen molar-refractivity contribution < 1.29 is 8.60 Å². The van der Waals surface area contributed by atoms with Gasteiger partial charge in [0.05, 0.1) is 11.2 Å². The van der Waals surface area contributed by atoms with Crippen molar-refractivity contribution in [2.45, 2.75) is 39.2 Å². The van der Waals surface area contributed by atoms with Crippen molar-refractivity contribution in [1.29, 1.82) is 0 Å². The topological polar surface area (TPSA) is 98.8 Å². The Labute approximate surface area is 194 Å². The van der Waals surface area contributed by atoms with Crippen molar-refractivity contribution in [3.63, 3.8) is 0 Å². The zero-order valence-electron chi connectivity index (χ0n) is 18.3. The van der Waals surface area contributed by atoms with Gasteiger partial charge in [-0.05, 0) is 45.6 Å². The quantitative estimate of drug-likeness (QED) is 0.498. The van der Waals surface area contributed by atoms with Crippen molar-refractivity contribution in [2.24, 2.45) is 5.92 Å². The second-order valence-electron chi connectivity index (χ2n) is 9.02. The fourth-order valence-corrected chi connectivity index (χ4v) is 5.15. The number of anilines is 1. The number of rotatable bonds is 6. The molecule has 1 aliphatic rings. The molecule has 3 N–H and O–H groups in total. The van der Waals surface area contributed by atoms with Crippen molar-refractivity contribution >= 4 is 39.6 Å². The number of fused-ring (bicyclic) bond motifs is 1. The number of hydrogen-bond donors (Lipinski definition) is 3. The van der Waals surface area contributed by atoms with Crippen LogP contribution in [0.25, 0.3) is 22.4 Å². The highest BCUT2D eigenvalue weighted by atomic mass is 35.5. The Balaban J connectivity index is 1.46.